The predicted molar refractivity (Wildman–Crippen MR) is 95.2 cm³/mol. The fourth-order valence-corrected chi connectivity index (χ4v) is 3.37. The molecule has 8 heteroatoms. The second-order valence-corrected chi connectivity index (χ2v) is 5.94. The molecule has 0 saturated heterocycles. The van der Waals surface area contributed by atoms with Crippen LogP contribution in [0.3, 0.4) is 0 Å². The summed E-state index contributed by atoms with van der Waals surface area (Å²) in [5, 5.41) is 15.0. The number of aromatic nitrogens is 4. The fourth-order valence-electron chi connectivity index (χ4n) is 3.08. The molecule has 0 aliphatic carbocycles. The SMILES string of the molecule is COc1cccc(-n2c(N)c(C#N)c3cc(C)c4ncnn4c32)c1Cl. The number of nitrogens with two attached hydrogens (primary N) is 1. The molecule has 0 unspecified atom stereocenters. The van der Waals surface area contributed by atoms with Crippen LogP contribution in [0, 0.1) is 18.3 Å². The topological polar surface area (TPSA) is 94.2 Å². The minimum absolute atomic E-state index is 0.287. The summed E-state index contributed by atoms with van der Waals surface area (Å²) in [6, 6.07) is 9.44. The number of hydrogen-bond acceptors (Lipinski definition) is 5. The first kappa shape index (κ1) is 15.3. The van der Waals surface area contributed by atoms with E-state index >= 15 is 0 Å². The van der Waals surface area contributed by atoms with Gasteiger partial charge in [0.25, 0.3) is 0 Å². The minimum atomic E-state index is 0.287. The Labute approximate surface area is 147 Å². The predicted octanol–water partition coefficient (Wildman–Crippen LogP) is 3.10. The first-order valence-electron chi connectivity index (χ1n) is 7.44. The standard InChI is InChI=1S/C17H13ClN6O/c1-9-6-10-11(7-19)15(20)23(17(10)24-16(9)21-8-22-24)12-4-3-5-13(25-2)14(12)18/h3-6,8H,20H2,1-2H3. The maximum Gasteiger partial charge on any atom is 0.160 e. The van der Waals surface area contributed by atoms with Crippen LogP contribution < -0.4 is 10.5 Å². The van der Waals surface area contributed by atoms with E-state index in [9.17, 15) is 5.26 Å². The number of ether oxygens (including phenoxy) is 1. The van der Waals surface area contributed by atoms with Crippen molar-refractivity contribution in [1.82, 2.24) is 19.2 Å². The van der Waals surface area contributed by atoms with Gasteiger partial charge < -0.3 is 10.5 Å². The lowest BCUT2D eigenvalue weighted by Crippen LogP contribution is -2.05. The highest BCUT2D eigenvalue weighted by Crippen LogP contribution is 2.37. The number of aryl methyl sites for hydroxylation is 1. The Morgan fingerprint density at radius 1 is 1.36 bits per heavy atom. The summed E-state index contributed by atoms with van der Waals surface area (Å²) >= 11 is 6.50. The van der Waals surface area contributed by atoms with Gasteiger partial charge in [-0.3, -0.25) is 4.57 Å². The van der Waals surface area contributed by atoms with Gasteiger partial charge >= 0.3 is 0 Å². The number of methoxy groups -OCH3 is 1. The summed E-state index contributed by atoms with van der Waals surface area (Å²) in [6.45, 7) is 1.91. The Morgan fingerprint density at radius 2 is 2.16 bits per heavy atom. The van der Waals surface area contributed by atoms with Crippen LogP contribution in [0.15, 0.2) is 30.6 Å². The van der Waals surface area contributed by atoms with E-state index in [1.165, 1.54) is 6.33 Å². The van der Waals surface area contributed by atoms with E-state index in [2.05, 4.69) is 16.2 Å². The number of pyridine rings is 1. The van der Waals surface area contributed by atoms with Gasteiger partial charge in [0.1, 0.15) is 34.6 Å². The molecule has 1 aromatic carbocycles. The van der Waals surface area contributed by atoms with Crippen molar-refractivity contribution in [3.05, 3.63) is 46.7 Å². The first-order chi connectivity index (χ1) is 12.1. The molecule has 3 aromatic heterocycles. The lowest BCUT2D eigenvalue weighted by molar-refractivity contribution is 0.415. The third-order valence-electron chi connectivity index (χ3n) is 4.20. The Morgan fingerprint density at radius 3 is 2.88 bits per heavy atom. The van der Waals surface area contributed by atoms with Crippen molar-refractivity contribution in [2.45, 2.75) is 6.92 Å². The largest absolute Gasteiger partial charge is 0.495 e. The van der Waals surface area contributed by atoms with Crippen molar-refractivity contribution in [2.24, 2.45) is 0 Å². The highest BCUT2D eigenvalue weighted by atomic mass is 35.5. The van der Waals surface area contributed by atoms with Crippen LogP contribution in [0.5, 0.6) is 5.75 Å². The molecule has 0 saturated carbocycles. The highest BCUT2D eigenvalue weighted by Gasteiger charge is 2.22. The molecule has 124 valence electrons. The zero-order valence-corrected chi connectivity index (χ0v) is 14.2. The molecule has 3 heterocycles. The van der Waals surface area contributed by atoms with Crippen LogP contribution in [0.1, 0.15) is 11.1 Å². The molecule has 2 N–H and O–H groups in total. The monoisotopic (exact) mass is 352 g/mol. The molecule has 4 aromatic rings. The minimum Gasteiger partial charge on any atom is -0.495 e. The molecule has 0 aliphatic rings. The normalized spacial score (nSPS) is 11.1. The Kier molecular flexibility index (Phi) is 3.30. The molecule has 25 heavy (non-hydrogen) atoms. The van der Waals surface area contributed by atoms with E-state index in [4.69, 9.17) is 22.1 Å². The summed E-state index contributed by atoms with van der Waals surface area (Å²) < 4.78 is 8.67. The number of rotatable bonds is 2. The summed E-state index contributed by atoms with van der Waals surface area (Å²) in [7, 11) is 1.54. The number of nitrogen functional groups attached to an aromatic ring is 1. The molecule has 0 atom stereocenters. The number of benzene rings is 1. The van der Waals surface area contributed by atoms with Crippen LogP contribution >= 0.6 is 11.6 Å². The van der Waals surface area contributed by atoms with E-state index < -0.39 is 0 Å². The molecular formula is C17H13ClN6O. The van der Waals surface area contributed by atoms with Gasteiger partial charge in [-0.05, 0) is 30.7 Å². The number of nitriles is 1. The van der Waals surface area contributed by atoms with E-state index in [1.807, 2.05) is 25.1 Å². The average Bonchev–Trinajstić information content (AvgIpc) is 3.18. The molecule has 0 aliphatic heterocycles. The number of halogens is 1. The maximum absolute atomic E-state index is 9.61. The number of anilines is 1. The third kappa shape index (κ3) is 1.98. The molecule has 7 nitrogen and oxygen atoms in total. The van der Waals surface area contributed by atoms with E-state index in [-0.39, 0.29) is 5.82 Å². The second kappa shape index (κ2) is 5.40. The van der Waals surface area contributed by atoms with Crippen LogP contribution in [0.25, 0.3) is 22.4 Å². The van der Waals surface area contributed by atoms with Crippen molar-refractivity contribution >= 4 is 34.1 Å². The lowest BCUT2D eigenvalue weighted by atomic mass is 10.2. The molecule has 4 rings (SSSR count). The second-order valence-electron chi connectivity index (χ2n) is 5.56. The van der Waals surface area contributed by atoms with Crippen molar-refractivity contribution in [3.63, 3.8) is 0 Å². The number of hydrogen-bond donors (Lipinski definition) is 1. The van der Waals surface area contributed by atoms with Gasteiger partial charge in [0.15, 0.2) is 11.3 Å². The lowest BCUT2D eigenvalue weighted by Gasteiger charge is -2.13. The van der Waals surface area contributed by atoms with Gasteiger partial charge in [-0.1, -0.05) is 17.7 Å². The van der Waals surface area contributed by atoms with Gasteiger partial charge in [-0.15, -0.1) is 0 Å². The zero-order chi connectivity index (χ0) is 17.7. The van der Waals surface area contributed by atoms with Gasteiger partial charge in [0, 0.05) is 5.39 Å². The van der Waals surface area contributed by atoms with Crippen LogP contribution in [0.2, 0.25) is 5.02 Å². The summed E-state index contributed by atoms with van der Waals surface area (Å²) in [5.41, 5.74) is 9.50. The zero-order valence-electron chi connectivity index (χ0n) is 13.5. The molecule has 0 bridgehead atoms. The average molecular weight is 353 g/mol. The van der Waals surface area contributed by atoms with Crippen molar-refractivity contribution < 1.29 is 4.74 Å². The van der Waals surface area contributed by atoms with Gasteiger partial charge in [-0.2, -0.15) is 14.9 Å². The van der Waals surface area contributed by atoms with Crippen LogP contribution in [0.4, 0.5) is 5.82 Å². The Hall–Kier alpha value is -3.24. The quantitative estimate of drug-likeness (QED) is 0.598. The van der Waals surface area contributed by atoms with Crippen molar-refractivity contribution in [1.29, 1.82) is 5.26 Å². The molecular weight excluding hydrogens is 340 g/mol. The summed E-state index contributed by atoms with van der Waals surface area (Å²) in [5.74, 6) is 0.802. The highest BCUT2D eigenvalue weighted by molar-refractivity contribution is 6.34. The van der Waals surface area contributed by atoms with E-state index in [0.717, 1.165) is 5.56 Å². The van der Waals surface area contributed by atoms with Crippen LogP contribution in [-0.4, -0.2) is 26.3 Å². The van der Waals surface area contributed by atoms with Crippen LogP contribution in [-0.2, 0) is 0 Å². The molecule has 0 radical (unpaired) electrons. The maximum atomic E-state index is 9.61. The van der Waals surface area contributed by atoms with Gasteiger partial charge in [0.2, 0.25) is 0 Å². The van der Waals surface area contributed by atoms with E-state index in [1.54, 1.807) is 22.3 Å². The van der Waals surface area contributed by atoms with Gasteiger partial charge in [-0.25, -0.2) is 4.98 Å². The first-order valence-corrected chi connectivity index (χ1v) is 7.82. The Balaban J connectivity index is 2.24. The molecule has 0 amide bonds. The van der Waals surface area contributed by atoms with Crippen molar-refractivity contribution in [3.8, 4) is 17.5 Å². The summed E-state index contributed by atoms with van der Waals surface area (Å²) in [4.78, 5) is 4.28. The van der Waals surface area contributed by atoms with Gasteiger partial charge in [0.05, 0.1) is 12.8 Å². The van der Waals surface area contributed by atoms with Crippen molar-refractivity contribution in [2.75, 3.05) is 12.8 Å². The number of nitrogens with zero attached hydrogens (tertiary/aromatic N) is 5. The summed E-state index contributed by atoms with van der Waals surface area (Å²) in [6.07, 6.45) is 1.47. The van der Waals surface area contributed by atoms with E-state index in [0.29, 0.717) is 38.7 Å². The smallest absolute Gasteiger partial charge is 0.160 e. The number of fused-ring (bicyclic) bond motifs is 3. The fraction of sp³-hybridized carbons (Fsp3) is 0.118. The Bertz CT molecular complexity index is 1180. The third-order valence-corrected chi connectivity index (χ3v) is 4.58. The molecule has 0 spiro atoms. The molecule has 0 fully saturated rings.